The van der Waals surface area contributed by atoms with Gasteiger partial charge in [0.2, 0.25) is 11.8 Å². The van der Waals surface area contributed by atoms with E-state index in [4.69, 9.17) is 9.84 Å². The van der Waals surface area contributed by atoms with E-state index in [9.17, 15) is 14.4 Å². The maximum absolute atomic E-state index is 11.9. The molecule has 7 heteroatoms. The fourth-order valence-corrected chi connectivity index (χ4v) is 2.21. The van der Waals surface area contributed by atoms with Crippen molar-refractivity contribution in [2.45, 2.75) is 12.8 Å². The Balaban J connectivity index is 1.75. The van der Waals surface area contributed by atoms with E-state index in [1.54, 1.807) is 12.1 Å². The Hall–Kier alpha value is -2.57. The van der Waals surface area contributed by atoms with Crippen LogP contribution in [0, 0.1) is 5.92 Å². The molecule has 1 aliphatic heterocycles. The zero-order valence-corrected chi connectivity index (χ0v) is 12.0. The summed E-state index contributed by atoms with van der Waals surface area (Å²) >= 11 is 0. The van der Waals surface area contributed by atoms with Crippen molar-refractivity contribution in [2.75, 3.05) is 19.7 Å². The molecule has 0 saturated carbocycles. The van der Waals surface area contributed by atoms with Gasteiger partial charge in [-0.1, -0.05) is 6.07 Å². The molecule has 22 heavy (non-hydrogen) atoms. The molecule has 2 amide bonds. The molecule has 7 nitrogen and oxygen atoms in total. The van der Waals surface area contributed by atoms with E-state index in [-0.39, 0.29) is 30.5 Å². The van der Waals surface area contributed by atoms with Gasteiger partial charge in [-0.2, -0.15) is 0 Å². The normalized spacial score (nSPS) is 17.5. The maximum Gasteiger partial charge on any atom is 0.335 e. The third-order valence-electron chi connectivity index (χ3n) is 3.35. The van der Waals surface area contributed by atoms with Crippen molar-refractivity contribution < 1.29 is 24.2 Å². The molecule has 118 valence electrons. The van der Waals surface area contributed by atoms with Crippen molar-refractivity contribution in [1.82, 2.24) is 10.6 Å². The molecule has 1 saturated heterocycles. The lowest BCUT2D eigenvalue weighted by Gasteiger charge is -2.21. The second kappa shape index (κ2) is 7.44. The molecule has 1 aliphatic rings. The van der Waals surface area contributed by atoms with E-state index in [1.165, 1.54) is 12.1 Å². The van der Waals surface area contributed by atoms with Crippen LogP contribution in [0.5, 0.6) is 5.75 Å². The van der Waals surface area contributed by atoms with Crippen molar-refractivity contribution in [1.29, 1.82) is 0 Å². The fourth-order valence-electron chi connectivity index (χ4n) is 2.21. The van der Waals surface area contributed by atoms with Gasteiger partial charge in [0.25, 0.3) is 0 Å². The Bertz CT molecular complexity index is 573. The second-order valence-corrected chi connectivity index (χ2v) is 4.96. The molecule has 0 spiro atoms. The zero-order valence-electron chi connectivity index (χ0n) is 12.0. The van der Waals surface area contributed by atoms with E-state index < -0.39 is 11.9 Å². The third-order valence-corrected chi connectivity index (χ3v) is 3.35. The van der Waals surface area contributed by atoms with Gasteiger partial charge in [0.15, 0.2) is 0 Å². The number of carbonyl (C=O) groups is 3. The molecule has 0 aliphatic carbocycles. The number of ether oxygens (including phenoxy) is 1. The molecular formula is C15H18N2O5. The molecule has 1 aromatic carbocycles. The number of hydrogen-bond donors (Lipinski definition) is 3. The number of carboxylic acids is 1. The van der Waals surface area contributed by atoms with Gasteiger partial charge in [0.1, 0.15) is 18.3 Å². The highest BCUT2D eigenvalue weighted by molar-refractivity contribution is 6.00. The summed E-state index contributed by atoms with van der Waals surface area (Å²) in [6.07, 6.45) is 1.35. The average Bonchev–Trinajstić information content (AvgIpc) is 2.52. The van der Waals surface area contributed by atoms with Gasteiger partial charge in [0.05, 0.1) is 12.1 Å². The van der Waals surface area contributed by atoms with Crippen LogP contribution in [0.15, 0.2) is 24.3 Å². The summed E-state index contributed by atoms with van der Waals surface area (Å²) in [7, 11) is 0. The standard InChI is InChI=1S/C15H18N2O5/c18-13-12(5-2-6-16-13)14(19)17-7-8-22-11-4-1-3-10(9-11)15(20)21/h1,3-4,9,12H,2,5-8H2,(H,16,18)(H,17,19)(H,20,21). The summed E-state index contributed by atoms with van der Waals surface area (Å²) in [6, 6.07) is 6.12. The van der Waals surface area contributed by atoms with Gasteiger partial charge < -0.3 is 20.5 Å². The van der Waals surface area contributed by atoms with E-state index in [2.05, 4.69) is 10.6 Å². The summed E-state index contributed by atoms with van der Waals surface area (Å²) in [5, 5.41) is 14.2. The van der Waals surface area contributed by atoms with Gasteiger partial charge >= 0.3 is 5.97 Å². The molecule has 1 unspecified atom stereocenters. The lowest BCUT2D eigenvalue weighted by molar-refractivity contribution is -0.136. The van der Waals surface area contributed by atoms with Crippen molar-refractivity contribution in [3.05, 3.63) is 29.8 Å². The van der Waals surface area contributed by atoms with Gasteiger partial charge in [0, 0.05) is 6.54 Å². The number of hydrogen-bond acceptors (Lipinski definition) is 4. The molecule has 2 rings (SSSR count). The first-order chi connectivity index (χ1) is 10.6. The number of aromatic carboxylic acids is 1. The number of amides is 2. The Kier molecular flexibility index (Phi) is 5.35. The van der Waals surface area contributed by atoms with Crippen LogP contribution in [0.3, 0.4) is 0 Å². The predicted molar refractivity (Wildman–Crippen MR) is 77.6 cm³/mol. The Morgan fingerprint density at radius 3 is 2.95 bits per heavy atom. The van der Waals surface area contributed by atoms with Crippen molar-refractivity contribution in [3.63, 3.8) is 0 Å². The first-order valence-electron chi connectivity index (χ1n) is 7.09. The van der Waals surface area contributed by atoms with Crippen LogP contribution >= 0.6 is 0 Å². The molecule has 1 atom stereocenters. The molecule has 0 bridgehead atoms. The van der Waals surface area contributed by atoms with Gasteiger partial charge in [-0.05, 0) is 31.0 Å². The second-order valence-electron chi connectivity index (χ2n) is 4.96. The van der Waals surface area contributed by atoms with Crippen LogP contribution < -0.4 is 15.4 Å². The summed E-state index contributed by atoms with van der Waals surface area (Å²) in [4.78, 5) is 34.2. The number of benzene rings is 1. The Labute approximate surface area is 127 Å². The predicted octanol–water partition coefficient (Wildman–Crippen LogP) is 0.406. The molecule has 1 fully saturated rings. The molecule has 3 N–H and O–H groups in total. The Morgan fingerprint density at radius 2 is 2.23 bits per heavy atom. The maximum atomic E-state index is 11.9. The Morgan fingerprint density at radius 1 is 1.41 bits per heavy atom. The SMILES string of the molecule is O=C(O)c1cccc(OCCNC(=O)C2CCCNC2=O)c1. The molecular weight excluding hydrogens is 288 g/mol. The van der Waals surface area contributed by atoms with Crippen LogP contribution in [0.4, 0.5) is 0 Å². The van der Waals surface area contributed by atoms with Gasteiger partial charge in [-0.3, -0.25) is 9.59 Å². The zero-order chi connectivity index (χ0) is 15.9. The van der Waals surface area contributed by atoms with Crippen LogP contribution in [0.2, 0.25) is 0 Å². The quantitative estimate of drug-likeness (QED) is 0.521. The van der Waals surface area contributed by atoms with Gasteiger partial charge in [-0.15, -0.1) is 0 Å². The minimum absolute atomic E-state index is 0.139. The van der Waals surface area contributed by atoms with Crippen LogP contribution in [0.1, 0.15) is 23.2 Å². The summed E-state index contributed by atoms with van der Waals surface area (Å²) in [5.41, 5.74) is 0.139. The highest BCUT2D eigenvalue weighted by Gasteiger charge is 2.28. The first kappa shape index (κ1) is 15.8. The smallest absolute Gasteiger partial charge is 0.335 e. The lowest BCUT2D eigenvalue weighted by Crippen LogP contribution is -2.45. The topological polar surface area (TPSA) is 105 Å². The highest BCUT2D eigenvalue weighted by Crippen LogP contribution is 2.13. The van der Waals surface area contributed by atoms with E-state index in [0.717, 1.165) is 6.42 Å². The minimum atomic E-state index is -1.03. The number of carbonyl (C=O) groups excluding carboxylic acids is 2. The summed E-state index contributed by atoms with van der Waals surface area (Å²) < 4.78 is 5.38. The van der Waals surface area contributed by atoms with Crippen LogP contribution in [-0.2, 0) is 9.59 Å². The molecule has 0 radical (unpaired) electrons. The van der Waals surface area contributed by atoms with E-state index in [0.29, 0.717) is 18.7 Å². The number of nitrogens with one attached hydrogen (secondary N) is 2. The largest absolute Gasteiger partial charge is 0.492 e. The lowest BCUT2D eigenvalue weighted by atomic mass is 9.98. The first-order valence-corrected chi connectivity index (χ1v) is 7.09. The van der Waals surface area contributed by atoms with Crippen molar-refractivity contribution >= 4 is 17.8 Å². The average molecular weight is 306 g/mol. The fraction of sp³-hybridized carbons (Fsp3) is 0.400. The molecule has 1 aromatic rings. The van der Waals surface area contributed by atoms with Crippen molar-refractivity contribution in [3.8, 4) is 5.75 Å². The number of piperidine rings is 1. The monoisotopic (exact) mass is 306 g/mol. The third kappa shape index (κ3) is 4.21. The van der Waals surface area contributed by atoms with Gasteiger partial charge in [-0.25, -0.2) is 4.79 Å². The molecule has 1 heterocycles. The van der Waals surface area contributed by atoms with E-state index >= 15 is 0 Å². The summed E-state index contributed by atoms with van der Waals surface area (Å²) in [6.45, 7) is 1.06. The minimum Gasteiger partial charge on any atom is -0.492 e. The van der Waals surface area contributed by atoms with Crippen LogP contribution in [0.25, 0.3) is 0 Å². The number of rotatable bonds is 6. The van der Waals surface area contributed by atoms with Crippen molar-refractivity contribution in [2.24, 2.45) is 5.92 Å². The van der Waals surface area contributed by atoms with Crippen LogP contribution in [-0.4, -0.2) is 42.6 Å². The van der Waals surface area contributed by atoms with E-state index in [1.807, 2.05) is 0 Å². The summed E-state index contributed by atoms with van der Waals surface area (Å²) in [5.74, 6) is -1.78. The number of carboxylic acid groups (broad SMARTS) is 1. The molecule has 0 aromatic heterocycles. The highest BCUT2D eigenvalue weighted by atomic mass is 16.5.